The number of hydrogen-bond acceptors (Lipinski definition) is 36. The van der Waals surface area contributed by atoms with E-state index in [0.717, 1.165) is 0 Å². The quantitative estimate of drug-likeness (QED) is 0.0866. The number of carbonyl (C=O) groups excluding carboxylic acids is 12. The second-order valence-corrected chi connectivity index (χ2v) is 19.8. The summed E-state index contributed by atoms with van der Waals surface area (Å²) < 4.78 is 0. The molecule has 0 saturated carbocycles. The van der Waals surface area contributed by atoms with Gasteiger partial charge < -0.3 is 119 Å². The van der Waals surface area contributed by atoms with Crippen LogP contribution in [0.25, 0.3) is 0 Å². The molecule has 3 rings (SSSR count). The average Bonchev–Trinajstić information content (AvgIpc) is 3.35. The van der Waals surface area contributed by atoms with Gasteiger partial charge in [-0.25, -0.2) is 0 Å². The number of hydrogen-bond donors (Lipinski definition) is 0. The zero-order valence-corrected chi connectivity index (χ0v) is 57.1. The number of nitrogens with zero attached hydrogens (tertiary/aromatic N) is 12. The van der Waals surface area contributed by atoms with Crippen molar-refractivity contribution in [3.8, 4) is 0 Å². The molecule has 0 aromatic carbocycles. The zero-order valence-electron chi connectivity index (χ0n) is 48.0. The van der Waals surface area contributed by atoms with Crippen molar-refractivity contribution in [1.82, 2.24) is 58.8 Å². The second kappa shape index (κ2) is 53.8. The monoisotopic (exact) mass is 1830 g/mol. The smallest absolute Gasteiger partial charge is 0.549 e. The van der Waals surface area contributed by atoms with Gasteiger partial charge in [-0.05, 0) is 0 Å². The first kappa shape index (κ1) is 92.9. The van der Waals surface area contributed by atoms with Crippen molar-refractivity contribution in [2.75, 3.05) is 236 Å². The van der Waals surface area contributed by atoms with E-state index in [1.807, 2.05) is 0 Å². The van der Waals surface area contributed by atoms with Crippen molar-refractivity contribution in [2.24, 2.45) is 0 Å². The molecule has 4 radical (unpaired) electrons. The summed E-state index contributed by atoms with van der Waals surface area (Å²) in [6.07, 6.45) is 0. The minimum Gasteiger partial charge on any atom is -0.549 e. The van der Waals surface area contributed by atoms with E-state index in [1.54, 1.807) is 0 Å². The van der Waals surface area contributed by atoms with Gasteiger partial charge in [0.25, 0.3) is 0 Å². The van der Waals surface area contributed by atoms with Gasteiger partial charge in [-0.1, -0.05) is 0 Å². The topological polar surface area (TPSA) is 520 Å². The molecule has 3 aliphatic heterocycles. The van der Waals surface area contributed by atoms with Crippen molar-refractivity contribution in [1.29, 1.82) is 0 Å². The van der Waals surface area contributed by atoms with E-state index < -0.39 is 71.6 Å². The van der Waals surface area contributed by atoms with E-state index >= 15 is 0 Å². The van der Waals surface area contributed by atoms with Gasteiger partial charge in [-0.15, -0.1) is 0 Å². The van der Waals surface area contributed by atoms with Crippen molar-refractivity contribution < 1.29 is 279 Å². The molecule has 0 spiro atoms. The van der Waals surface area contributed by atoms with Gasteiger partial charge >= 0.3 is 160 Å². The van der Waals surface area contributed by atoms with Crippen LogP contribution in [0, 0.1) is 160 Å². The predicted molar refractivity (Wildman–Crippen MR) is 257 cm³/mol. The van der Waals surface area contributed by atoms with Crippen LogP contribution in [0.5, 0.6) is 0 Å². The van der Waals surface area contributed by atoms with Crippen LogP contribution >= 0.6 is 0 Å². The Balaban J connectivity index is -0.000000588. The molecule has 3 aliphatic rings. The normalized spacial score (nSPS) is 18.5. The molecule has 0 atom stereocenters. The van der Waals surface area contributed by atoms with Crippen LogP contribution in [-0.2, 0) is 57.5 Å². The fourth-order valence-corrected chi connectivity index (χ4v) is 8.82. The van der Waals surface area contributed by atoms with Crippen LogP contribution in [-0.4, -0.2) is 366 Å². The van der Waals surface area contributed by atoms with E-state index in [9.17, 15) is 119 Å². The molecule has 40 heteroatoms. The molecule has 3 saturated heterocycles. The van der Waals surface area contributed by atoms with Gasteiger partial charge in [0, 0.05) is 236 Å². The summed E-state index contributed by atoms with van der Waals surface area (Å²) in [6.45, 7) is 0.464. The summed E-state index contributed by atoms with van der Waals surface area (Å²) in [5.41, 5.74) is 0. The Labute approximate surface area is 636 Å². The largest absolute Gasteiger partial charge is 3.00 e. The van der Waals surface area contributed by atoms with E-state index in [-0.39, 0.29) is 395 Å². The minimum absolute atomic E-state index is 0. The fourth-order valence-electron chi connectivity index (χ4n) is 8.82. The molecule has 0 N–H and O–H groups in total. The van der Waals surface area contributed by atoms with E-state index in [4.69, 9.17) is 0 Å². The molecule has 0 aromatic rings. The SMILES string of the molecule is O=C([O-])CN1CCN(CC(=O)[O-])CCN(CC(=O)[O-])CCN(CC(=O)[O-])CC1.O=C([O-])CN1CCN(CC(=O)[O-])CCN(CC(=O)[O-])CCN(CC(=O)[O-])CC1.O=C([O-])CN1CCN(CC(=O)[O-])CCN(CC(=O)[O-])CCN(CC(=O)[O-])CC1.[Gd+3].[Gd+3].[Gd+3].[Gd+3]. The maximum atomic E-state index is 11.0. The van der Waals surface area contributed by atoms with Crippen molar-refractivity contribution in [2.45, 2.75) is 0 Å². The maximum absolute atomic E-state index is 11.0. The summed E-state index contributed by atoms with van der Waals surface area (Å²) in [4.78, 5) is 150. The van der Waals surface area contributed by atoms with Gasteiger partial charge in [0.05, 0.1) is 71.6 Å². The summed E-state index contributed by atoms with van der Waals surface area (Å²) in [6, 6.07) is 0. The average molecular weight is 1830 g/mol. The van der Waals surface area contributed by atoms with Gasteiger partial charge in [0.15, 0.2) is 0 Å². The molecule has 3 heterocycles. The van der Waals surface area contributed by atoms with Gasteiger partial charge in [0.1, 0.15) is 0 Å². The third-order valence-electron chi connectivity index (χ3n) is 13.0. The van der Waals surface area contributed by atoms with E-state index in [1.165, 1.54) is 58.8 Å². The van der Waals surface area contributed by atoms with E-state index in [0.29, 0.717) is 0 Å². The Morgan fingerprint density at radius 2 is 0.193 bits per heavy atom. The first-order chi connectivity index (χ1) is 39.5. The first-order valence-electron chi connectivity index (χ1n) is 26.5. The van der Waals surface area contributed by atoms with Crippen molar-refractivity contribution in [3.63, 3.8) is 0 Å². The maximum Gasteiger partial charge on any atom is 3.00 e. The molecule has 3 fully saturated rings. The summed E-state index contributed by atoms with van der Waals surface area (Å²) in [5.74, 6) is -15.6. The number of rotatable bonds is 24. The number of aliphatic carboxylic acids is 12. The third-order valence-corrected chi connectivity index (χ3v) is 13.0. The standard InChI is InChI=1S/3C16H28N4O8.4Gd/c3*21-13(22)9-17-1-2-18(10-14(23)24)5-6-20(12-16(27)28)8-7-19(4-3-17)11-15(25)26;;;;/h3*1-12H2,(H,21,22)(H,23,24)(H,25,26)(H,27,28);;;;/q;;;4*+3/p-12. The first-order valence-corrected chi connectivity index (χ1v) is 26.5. The summed E-state index contributed by atoms with van der Waals surface area (Å²) in [5, 5.41) is 131. The molecule has 0 amide bonds. The summed E-state index contributed by atoms with van der Waals surface area (Å²) >= 11 is 0. The molecule has 0 unspecified atom stereocenters. The number of carboxylic acids is 12. The van der Waals surface area contributed by atoms with Crippen LogP contribution in [0.1, 0.15) is 0 Å². The second-order valence-electron chi connectivity index (χ2n) is 19.8. The van der Waals surface area contributed by atoms with Crippen LogP contribution in [0.4, 0.5) is 0 Å². The molecule has 500 valence electrons. The van der Waals surface area contributed by atoms with E-state index in [2.05, 4.69) is 0 Å². The molecular weight excluding hydrogens is 1760 g/mol. The third kappa shape index (κ3) is 51.9. The van der Waals surface area contributed by atoms with Gasteiger partial charge in [-0.3, -0.25) is 58.8 Å². The number of carbonyl (C=O) groups is 12. The van der Waals surface area contributed by atoms with Gasteiger partial charge in [0.2, 0.25) is 0 Å². The molecule has 0 bridgehead atoms. The Morgan fingerprint density at radius 3 is 0.227 bits per heavy atom. The Bertz CT molecular complexity index is 1590. The van der Waals surface area contributed by atoms with Crippen molar-refractivity contribution >= 4 is 71.6 Å². The Kier molecular flexibility index (Phi) is 56.8. The zero-order chi connectivity index (χ0) is 63.3. The molecule has 88 heavy (non-hydrogen) atoms. The van der Waals surface area contributed by atoms with Crippen LogP contribution < -0.4 is 61.3 Å². The minimum atomic E-state index is -1.30. The predicted octanol–water partition coefficient (Wildman–Crippen LogP) is -23.4. The molecular formula is C48H72Gd4N12O24. The molecule has 0 aliphatic carbocycles. The molecule has 36 nitrogen and oxygen atoms in total. The van der Waals surface area contributed by atoms with Crippen molar-refractivity contribution in [3.05, 3.63) is 0 Å². The van der Waals surface area contributed by atoms with Gasteiger partial charge in [-0.2, -0.15) is 0 Å². The summed E-state index contributed by atoms with van der Waals surface area (Å²) in [7, 11) is 0. The molecule has 0 aromatic heterocycles. The Hall–Kier alpha value is -1.54. The fraction of sp³-hybridized carbons (Fsp3) is 0.750. The Morgan fingerprint density at radius 1 is 0.148 bits per heavy atom. The van der Waals surface area contributed by atoms with Crippen LogP contribution in [0.15, 0.2) is 0 Å². The van der Waals surface area contributed by atoms with Crippen LogP contribution in [0.2, 0.25) is 0 Å². The van der Waals surface area contributed by atoms with Crippen LogP contribution in [0.3, 0.4) is 0 Å². The number of carboxylic acid groups (broad SMARTS) is 12.